The standard InChI is InChI=1S/C26H31ClN4O4/c1-3-33-22-11-10-18(13-23(22)34-4-2)15-28-26(32)20-8-6-12-31(16-20)17-24-29-25(30-35-24)19-7-5-9-21(27)14-19/h5,7,9-11,13-14,20H,3-4,6,8,12,15-17H2,1-2H3,(H,28,32). The first kappa shape index (κ1) is 25.0. The van der Waals surface area contributed by atoms with Crippen LogP contribution in [-0.2, 0) is 17.9 Å². The number of nitrogens with zero attached hydrogens (tertiary/aromatic N) is 3. The smallest absolute Gasteiger partial charge is 0.241 e. The summed E-state index contributed by atoms with van der Waals surface area (Å²) in [5.74, 6) is 2.41. The third-order valence-electron chi connectivity index (χ3n) is 5.86. The van der Waals surface area contributed by atoms with Crippen LogP contribution < -0.4 is 14.8 Å². The van der Waals surface area contributed by atoms with Crippen LogP contribution in [0.3, 0.4) is 0 Å². The normalized spacial score (nSPS) is 16.1. The Kier molecular flexibility index (Phi) is 8.60. The van der Waals surface area contributed by atoms with Crippen LogP contribution in [0.25, 0.3) is 11.4 Å². The van der Waals surface area contributed by atoms with Crippen molar-refractivity contribution < 1.29 is 18.8 Å². The van der Waals surface area contributed by atoms with Gasteiger partial charge in [-0.15, -0.1) is 0 Å². The average Bonchev–Trinajstić information content (AvgIpc) is 3.33. The van der Waals surface area contributed by atoms with Crippen molar-refractivity contribution in [1.82, 2.24) is 20.4 Å². The number of ether oxygens (including phenoxy) is 2. The molecule has 0 radical (unpaired) electrons. The summed E-state index contributed by atoms with van der Waals surface area (Å²) in [5, 5.41) is 7.78. The molecule has 1 N–H and O–H groups in total. The molecule has 9 heteroatoms. The summed E-state index contributed by atoms with van der Waals surface area (Å²) in [6.07, 6.45) is 1.79. The van der Waals surface area contributed by atoms with Crippen LogP contribution in [0.1, 0.15) is 38.1 Å². The molecule has 35 heavy (non-hydrogen) atoms. The second kappa shape index (κ2) is 12.0. The molecule has 1 atom stereocenters. The summed E-state index contributed by atoms with van der Waals surface area (Å²) >= 11 is 6.06. The Morgan fingerprint density at radius 3 is 2.80 bits per heavy atom. The van der Waals surface area contributed by atoms with Gasteiger partial charge in [-0.3, -0.25) is 9.69 Å². The van der Waals surface area contributed by atoms with Crippen molar-refractivity contribution in [2.75, 3.05) is 26.3 Å². The Hall–Kier alpha value is -3.10. The monoisotopic (exact) mass is 498 g/mol. The molecule has 1 aliphatic rings. The summed E-state index contributed by atoms with van der Waals surface area (Å²) in [4.78, 5) is 19.6. The fourth-order valence-corrected chi connectivity index (χ4v) is 4.40. The van der Waals surface area contributed by atoms with Crippen LogP contribution in [0.5, 0.6) is 11.5 Å². The van der Waals surface area contributed by atoms with E-state index in [1.54, 1.807) is 12.1 Å². The average molecular weight is 499 g/mol. The van der Waals surface area contributed by atoms with Gasteiger partial charge in [-0.1, -0.05) is 35.0 Å². The minimum Gasteiger partial charge on any atom is -0.490 e. The van der Waals surface area contributed by atoms with E-state index in [-0.39, 0.29) is 11.8 Å². The van der Waals surface area contributed by atoms with Gasteiger partial charge in [0.15, 0.2) is 11.5 Å². The molecular formula is C26H31ClN4O4. The van der Waals surface area contributed by atoms with Gasteiger partial charge in [-0.05, 0) is 63.1 Å². The number of piperidine rings is 1. The van der Waals surface area contributed by atoms with E-state index in [4.69, 9.17) is 25.6 Å². The van der Waals surface area contributed by atoms with Gasteiger partial charge in [0, 0.05) is 23.7 Å². The zero-order valence-corrected chi connectivity index (χ0v) is 20.9. The van der Waals surface area contributed by atoms with E-state index in [9.17, 15) is 4.79 Å². The molecule has 1 fully saturated rings. The topological polar surface area (TPSA) is 89.7 Å². The minimum atomic E-state index is -0.0897. The summed E-state index contributed by atoms with van der Waals surface area (Å²) in [6, 6.07) is 13.1. The maximum Gasteiger partial charge on any atom is 0.241 e. The van der Waals surface area contributed by atoms with Crippen LogP contribution in [0.2, 0.25) is 5.02 Å². The Morgan fingerprint density at radius 2 is 2.00 bits per heavy atom. The highest BCUT2D eigenvalue weighted by atomic mass is 35.5. The van der Waals surface area contributed by atoms with Crippen molar-refractivity contribution in [3.8, 4) is 22.9 Å². The molecule has 1 amide bonds. The van der Waals surface area contributed by atoms with E-state index in [1.807, 2.05) is 44.2 Å². The molecule has 0 saturated carbocycles. The number of carbonyl (C=O) groups excluding carboxylic acids is 1. The van der Waals surface area contributed by atoms with Crippen molar-refractivity contribution in [1.29, 1.82) is 0 Å². The highest BCUT2D eigenvalue weighted by Gasteiger charge is 2.27. The first-order valence-corrected chi connectivity index (χ1v) is 12.4. The minimum absolute atomic E-state index is 0.0479. The first-order valence-electron chi connectivity index (χ1n) is 12.0. The molecule has 0 aliphatic carbocycles. The Bertz CT molecular complexity index is 1140. The lowest BCUT2D eigenvalue weighted by Gasteiger charge is -2.30. The number of rotatable bonds is 10. The lowest BCUT2D eigenvalue weighted by atomic mass is 9.97. The molecule has 1 aromatic heterocycles. The third kappa shape index (κ3) is 6.74. The predicted octanol–water partition coefficient (Wildman–Crippen LogP) is 4.72. The second-order valence-electron chi connectivity index (χ2n) is 8.46. The van der Waals surface area contributed by atoms with Gasteiger partial charge in [0.05, 0.1) is 25.7 Å². The lowest BCUT2D eigenvalue weighted by molar-refractivity contribution is -0.127. The van der Waals surface area contributed by atoms with Gasteiger partial charge in [-0.25, -0.2) is 0 Å². The summed E-state index contributed by atoms with van der Waals surface area (Å²) < 4.78 is 16.8. The van der Waals surface area contributed by atoms with Gasteiger partial charge in [0.1, 0.15) is 0 Å². The molecule has 2 heterocycles. The van der Waals surface area contributed by atoms with Crippen molar-refractivity contribution >= 4 is 17.5 Å². The van der Waals surface area contributed by atoms with Crippen LogP contribution in [0.15, 0.2) is 47.0 Å². The maximum absolute atomic E-state index is 12.9. The fourth-order valence-electron chi connectivity index (χ4n) is 4.21. The molecule has 186 valence electrons. The molecule has 1 aliphatic heterocycles. The quantitative estimate of drug-likeness (QED) is 0.432. The number of hydrogen-bond donors (Lipinski definition) is 1. The molecule has 2 aromatic carbocycles. The Labute approximate surface area is 210 Å². The summed E-state index contributed by atoms with van der Waals surface area (Å²) in [6.45, 7) is 7.47. The van der Waals surface area contributed by atoms with Gasteiger partial charge in [0.25, 0.3) is 0 Å². The highest BCUT2D eigenvalue weighted by molar-refractivity contribution is 6.30. The van der Waals surface area contributed by atoms with E-state index in [2.05, 4.69) is 20.4 Å². The van der Waals surface area contributed by atoms with Gasteiger partial charge < -0.3 is 19.3 Å². The van der Waals surface area contributed by atoms with Crippen molar-refractivity contribution in [2.45, 2.75) is 39.8 Å². The predicted molar refractivity (Wildman–Crippen MR) is 133 cm³/mol. The molecular weight excluding hydrogens is 468 g/mol. The molecule has 4 rings (SSSR count). The highest BCUT2D eigenvalue weighted by Crippen LogP contribution is 2.29. The summed E-state index contributed by atoms with van der Waals surface area (Å²) in [7, 11) is 0. The number of aromatic nitrogens is 2. The van der Waals surface area contributed by atoms with Crippen molar-refractivity contribution in [3.63, 3.8) is 0 Å². The Balaban J connectivity index is 1.31. The molecule has 3 aromatic rings. The van der Waals surface area contributed by atoms with Crippen molar-refractivity contribution in [3.05, 3.63) is 58.9 Å². The first-order chi connectivity index (χ1) is 17.1. The third-order valence-corrected chi connectivity index (χ3v) is 6.10. The van der Waals surface area contributed by atoms with Crippen LogP contribution in [0.4, 0.5) is 0 Å². The van der Waals surface area contributed by atoms with Gasteiger partial charge >= 0.3 is 0 Å². The zero-order valence-electron chi connectivity index (χ0n) is 20.1. The van der Waals surface area contributed by atoms with Crippen LogP contribution in [-0.4, -0.2) is 47.3 Å². The number of halogens is 1. The SMILES string of the molecule is CCOc1ccc(CNC(=O)C2CCCN(Cc3nc(-c4cccc(Cl)c4)no3)C2)cc1OCC. The maximum atomic E-state index is 12.9. The van der Waals surface area contributed by atoms with E-state index >= 15 is 0 Å². The number of amides is 1. The number of benzene rings is 2. The van der Waals surface area contributed by atoms with Crippen molar-refractivity contribution in [2.24, 2.45) is 5.92 Å². The second-order valence-corrected chi connectivity index (χ2v) is 8.90. The molecule has 8 nitrogen and oxygen atoms in total. The van der Waals surface area contributed by atoms with Gasteiger partial charge in [-0.2, -0.15) is 4.98 Å². The number of likely N-dealkylation sites (tertiary alicyclic amines) is 1. The molecule has 0 spiro atoms. The van der Waals surface area contributed by atoms with Gasteiger partial charge in [0.2, 0.25) is 17.6 Å². The number of hydrogen-bond acceptors (Lipinski definition) is 7. The lowest BCUT2D eigenvalue weighted by Crippen LogP contribution is -2.42. The van der Waals surface area contributed by atoms with Crippen LogP contribution >= 0.6 is 11.6 Å². The number of carbonyl (C=O) groups is 1. The number of nitrogens with one attached hydrogen (secondary N) is 1. The zero-order chi connectivity index (χ0) is 24.6. The Morgan fingerprint density at radius 1 is 1.17 bits per heavy atom. The van der Waals surface area contributed by atoms with E-state index in [0.717, 1.165) is 30.5 Å². The molecule has 1 unspecified atom stereocenters. The van der Waals surface area contributed by atoms with E-state index in [0.29, 0.717) is 61.1 Å². The fraction of sp³-hybridized carbons (Fsp3) is 0.423. The molecule has 0 bridgehead atoms. The van der Waals surface area contributed by atoms with E-state index in [1.165, 1.54) is 0 Å². The molecule has 1 saturated heterocycles. The largest absolute Gasteiger partial charge is 0.490 e. The summed E-state index contributed by atoms with van der Waals surface area (Å²) in [5.41, 5.74) is 1.78. The van der Waals surface area contributed by atoms with Crippen LogP contribution in [0, 0.1) is 5.92 Å². The van der Waals surface area contributed by atoms with E-state index < -0.39 is 0 Å².